The highest BCUT2D eigenvalue weighted by Crippen LogP contribution is 2.28. The number of amides is 1. The van der Waals surface area contributed by atoms with Gasteiger partial charge in [0.2, 0.25) is 5.91 Å². The summed E-state index contributed by atoms with van der Waals surface area (Å²) in [5.41, 5.74) is 0. The van der Waals surface area contributed by atoms with Crippen molar-refractivity contribution in [3.63, 3.8) is 0 Å². The molecule has 2 unspecified atom stereocenters. The zero-order valence-electron chi connectivity index (χ0n) is 23.5. The Kier molecular flexibility index (Phi) is 21.2. The third-order valence-electron chi connectivity index (χ3n) is 6.33. The number of nitrogens with one attached hydrogen (secondary N) is 1. The van der Waals surface area contributed by atoms with E-state index in [9.17, 15) is 24.5 Å². The van der Waals surface area contributed by atoms with Crippen molar-refractivity contribution in [1.82, 2.24) is 5.32 Å². The first-order valence-corrected chi connectivity index (χ1v) is 14.1. The van der Waals surface area contributed by atoms with Gasteiger partial charge in [0.1, 0.15) is 24.5 Å². The fourth-order valence-electron chi connectivity index (χ4n) is 4.14. The minimum atomic E-state index is -0.950. The molecular weight excluding hydrogens is 476 g/mol. The summed E-state index contributed by atoms with van der Waals surface area (Å²) in [5, 5.41) is 11.6. The fraction of sp³-hybridized carbons (Fsp3) is 0.821. The van der Waals surface area contributed by atoms with E-state index in [1.807, 2.05) is 19.1 Å². The van der Waals surface area contributed by atoms with Gasteiger partial charge in [-0.1, -0.05) is 70.4 Å². The van der Waals surface area contributed by atoms with Gasteiger partial charge in [-0.25, -0.2) is 4.79 Å². The standard InChI is InChI=1S/C15H28O.C13H22N2O6/c1-2-3-4-5-6-11-15(16)13-12-14-9-7-8-10-14;1-4-5-6-7-8-12(16)14-11(3)13(17)20-9-10(2)21-15(18)19/h14H,2-13H2,1H3;4-5,10-11H,6-9H2,1-3H3,(H,14,16)/b;5-4-. The van der Waals surface area contributed by atoms with Crippen LogP contribution in [0.25, 0.3) is 0 Å². The first kappa shape index (κ1) is 34.6. The average molecular weight is 527 g/mol. The molecule has 1 rings (SSSR count). The molecule has 0 bridgehead atoms. The second-order valence-corrected chi connectivity index (χ2v) is 9.91. The van der Waals surface area contributed by atoms with Gasteiger partial charge >= 0.3 is 5.97 Å². The van der Waals surface area contributed by atoms with Crippen LogP contribution in [0.5, 0.6) is 0 Å². The van der Waals surface area contributed by atoms with Crippen LogP contribution >= 0.6 is 0 Å². The number of hydrogen-bond acceptors (Lipinski definition) is 7. The van der Waals surface area contributed by atoms with Gasteiger partial charge in [0, 0.05) is 19.3 Å². The predicted octanol–water partition coefficient (Wildman–Crippen LogP) is 6.26. The molecule has 1 fully saturated rings. The molecule has 0 radical (unpaired) electrons. The van der Waals surface area contributed by atoms with Gasteiger partial charge < -0.3 is 14.9 Å². The van der Waals surface area contributed by atoms with Crippen molar-refractivity contribution in [1.29, 1.82) is 0 Å². The van der Waals surface area contributed by atoms with Crippen LogP contribution in [0, 0.1) is 16.0 Å². The average Bonchev–Trinajstić information content (AvgIpc) is 3.37. The summed E-state index contributed by atoms with van der Waals surface area (Å²) >= 11 is 0. The van der Waals surface area contributed by atoms with Crippen LogP contribution in [-0.4, -0.2) is 41.5 Å². The van der Waals surface area contributed by atoms with Gasteiger partial charge in [-0.2, -0.15) is 0 Å². The first-order chi connectivity index (χ1) is 17.7. The van der Waals surface area contributed by atoms with Crippen LogP contribution in [0.2, 0.25) is 0 Å². The van der Waals surface area contributed by atoms with E-state index in [1.54, 1.807) is 0 Å². The molecule has 1 aliphatic rings. The zero-order chi connectivity index (χ0) is 27.9. The lowest BCUT2D eigenvalue weighted by molar-refractivity contribution is -0.767. The van der Waals surface area contributed by atoms with Crippen LogP contribution in [0.1, 0.15) is 124 Å². The molecule has 1 N–H and O–H groups in total. The summed E-state index contributed by atoms with van der Waals surface area (Å²) in [6.07, 6.45) is 19.6. The van der Waals surface area contributed by atoms with Crippen molar-refractivity contribution in [3.8, 4) is 0 Å². The summed E-state index contributed by atoms with van der Waals surface area (Å²) in [6.45, 7) is 6.78. The summed E-state index contributed by atoms with van der Waals surface area (Å²) in [6, 6.07) is -0.804. The third kappa shape index (κ3) is 21.4. The van der Waals surface area contributed by atoms with E-state index in [2.05, 4.69) is 17.1 Å². The molecule has 1 amide bonds. The van der Waals surface area contributed by atoms with E-state index >= 15 is 0 Å². The molecule has 2 atom stereocenters. The molecule has 37 heavy (non-hydrogen) atoms. The number of hydrogen-bond donors (Lipinski definition) is 1. The lowest BCUT2D eigenvalue weighted by Crippen LogP contribution is -2.40. The maximum atomic E-state index is 11.6. The van der Waals surface area contributed by atoms with E-state index < -0.39 is 23.2 Å². The topological polar surface area (TPSA) is 125 Å². The monoisotopic (exact) mass is 526 g/mol. The van der Waals surface area contributed by atoms with Crippen LogP contribution < -0.4 is 5.32 Å². The quantitative estimate of drug-likeness (QED) is 0.0692. The molecule has 214 valence electrons. The first-order valence-electron chi connectivity index (χ1n) is 14.1. The third-order valence-corrected chi connectivity index (χ3v) is 6.33. The maximum Gasteiger partial charge on any atom is 0.328 e. The Hall–Kier alpha value is -2.45. The van der Waals surface area contributed by atoms with E-state index in [1.165, 1.54) is 71.6 Å². The molecule has 1 aliphatic carbocycles. The second kappa shape index (κ2) is 22.7. The Morgan fingerprint density at radius 3 is 2.32 bits per heavy atom. The Labute approximate surface area is 223 Å². The van der Waals surface area contributed by atoms with Crippen molar-refractivity contribution >= 4 is 17.7 Å². The molecule has 0 aromatic rings. The highest BCUT2D eigenvalue weighted by Gasteiger charge is 2.19. The number of Topliss-reactive ketones (excluding diaryl/α,β-unsaturated/α-hetero) is 1. The number of esters is 1. The second-order valence-electron chi connectivity index (χ2n) is 9.91. The van der Waals surface area contributed by atoms with Gasteiger partial charge in [-0.05, 0) is 52.4 Å². The molecule has 0 aromatic carbocycles. The van der Waals surface area contributed by atoms with Gasteiger partial charge in [-0.15, -0.1) is 10.1 Å². The van der Waals surface area contributed by atoms with Crippen molar-refractivity contribution in [3.05, 3.63) is 22.3 Å². The molecular formula is C28H50N2O7. The van der Waals surface area contributed by atoms with Crippen LogP contribution in [0.15, 0.2) is 12.2 Å². The van der Waals surface area contributed by atoms with E-state index in [-0.39, 0.29) is 12.5 Å². The van der Waals surface area contributed by atoms with Crippen LogP contribution in [-0.2, 0) is 24.0 Å². The van der Waals surface area contributed by atoms with Crippen molar-refractivity contribution in [2.75, 3.05) is 6.61 Å². The molecule has 0 aromatic heterocycles. The zero-order valence-corrected chi connectivity index (χ0v) is 23.5. The van der Waals surface area contributed by atoms with Gasteiger partial charge in [0.05, 0.1) is 0 Å². The molecule has 0 saturated heterocycles. The summed E-state index contributed by atoms with van der Waals surface area (Å²) in [7, 11) is 0. The maximum absolute atomic E-state index is 11.6. The Morgan fingerprint density at radius 2 is 1.70 bits per heavy atom. The number of ether oxygens (including phenoxy) is 1. The molecule has 0 aliphatic heterocycles. The van der Waals surface area contributed by atoms with Crippen LogP contribution in [0.4, 0.5) is 0 Å². The van der Waals surface area contributed by atoms with Crippen molar-refractivity contribution in [2.24, 2.45) is 5.92 Å². The fourth-order valence-corrected chi connectivity index (χ4v) is 4.14. The van der Waals surface area contributed by atoms with E-state index in [0.29, 0.717) is 18.6 Å². The number of nitrogens with zero attached hydrogens (tertiary/aromatic N) is 1. The van der Waals surface area contributed by atoms with E-state index in [0.717, 1.165) is 31.6 Å². The Balaban J connectivity index is 0.000000724. The normalized spacial score (nSPS) is 14.9. The lowest BCUT2D eigenvalue weighted by Gasteiger charge is -2.15. The van der Waals surface area contributed by atoms with E-state index in [4.69, 9.17) is 4.74 Å². The molecule has 9 nitrogen and oxygen atoms in total. The highest BCUT2D eigenvalue weighted by molar-refractivity contribution is 5.84. The minimum absolute atomic E-state index is 0.237. The minimum Gasteiger partial charge on any atom is -0.462 e. The number of allylic oxidation sites excluding steroid dienone is 2. The van der Waals surface area contributed by atoms with Gasteiger partial charge in [-0.3, -0.25) is 9.59 Å². The SMILES string of the molecule is C/C=C\CCCC(=O)NC(C)C(=O)OCC(C)O[N+](=O)[O-].CCCCCCCC(=O)CCC1CCCC1. The molecule has 0 spiro atoms. The number of rotatable bonds is 19. The van der Waals surface area contributed by atoms with Crippen LogP contribution in [0.3, 0.4) is 0 Å². The summed E-state index contributed by atoms with van der Waals surface area (Å²) < 4.78 is 4.82. The summed E-state index contributed by atoms with van der Waals surface area (Å²) in [4.78, 5) is 49.0. The summed E-state index contributed by atoms with van der Waals surface area (Å²) in [5.74, 6) is 0.501. The lowest BCUT2D eigenvalue weighted by atomic mass is 9.98. The Bertz CT molecular complexity index is 675. The van der Waals surface area contributed by atoms with Crippen molar-refractivity contribution in [2.45, 2.75) is 136 Å². The molecule has 0 heterocycles. The smallest absolute Gasteiger partial charge is 0.328 e. The molecule has 1 saturated carbocycles. The number of unbranched alkanes of at least 4 members (excludes halogenated alkanes) is 5. The van der Waals surface area contributed by atoms with Gasteiger partial charge in [0.15, 0.2) is 0 Å². The Morgan fingerprint density at radius 1 is 1.03 bits per heavy atom. The largest absolute Gasteiger partial charge is 0.462 e. The number of carbonyl (C=O) groups is 3. The van der Waals surface area contributed by atoms with Crippen molar-refractivity contribution < 1.29 is 29.0 Å². The predicted molar refractivity (Wildman–Crippen MR) is 144 cm³/mol. The molecule has 9 heteroatoms. The highest BCUT2D eigenvalue weighted by atomic mass is 17.0. The number of carbonyl (C=O) groups excluding carboxylic acids is 3. The number of ketones is 1. The van der Waals surface area contributed by atoms with Gasteiger partial charge in [0.25, 0.3) is 5.09 Å².